The monoisotopic (exact) mass is 444 g/mol. The highest BCUT2D eigenvalue weighted by molar-refractivity contribution is 9.10. The lowest BCUT2D eigenvalue weighted by atomic mass is 10.0. The molecule has 0 heterocycles. The van der Waals surface area contributed by atoms with Crippen molar-refractivity contribution in [3.63, 3.8) is 0 Å². The molecule has 0 saturated carbocycles. The van der Waals surface area contributed by atoms with Crippen LogP contribution in [0.5, 0.6) is 5.75 Å². The van der Waals surface area contributed by atoms with E-state index in [1.165, 1.54) is 12.2 Å². The highest BCUT2D eigenvalue weighted by Gasteiger charge is 2.11. The first kappa shape index (κ1) is 21.4. The smallest absolute Gasteiger partial charge is 0.335 e. The Morgan fingerprint density at radius 3 is 2.18 bits per heavy atom. The largest absolute Gasteiger partial charge is 0.489 e. The van der Waals surface area contributed by atoms with Gasteiger partial charge in [0.25, 0.3) is 0 Å². The van der Waals surface area contributed by atoms with Crippen LogP contribution in [0.4, 0.5) is 0 Å². The molecule has 0 spiro atoms. The standard InChI is InChI=1S/C22H21BrO5/c1-2-3-17(21(24)25)13-18(22(26)27)12-15-6-10-20(11-7-15)28-14-16-4-8-19(23)9-5-16/h4-13H,2-3,14H2,1H3,(H,24,25)(H,26,27). The van der Waals surface area contributed by atoms with E-state index >= 15 is 0 Å². The van der Waals surface area contributed by atoms with Gasteiger partial charge in [-0.2, -0.15) is 0 Å². The van der Waals surface area contributed by atoms with Crippen LogP contribution in [-0.2, 0) is 16.2 Å². The van der Waals surface area contributed by atoms with E-state index in [-0.39, 0.29) is 11.1 Å². The topological polar surface area (TPSA) is 83.8 Å². The van der Waals surface area contributed by atoms with Crippen LogP contribution in [0.25, 0.3) is 6.08 Å². The Morgan fingerprint density at radius 1 is 1.00 bits per heavy atom. The minimum atomic E-state index is -1.18. The van der Waals surface area contributed by atoms with Gasteiger partial charge in [-0.15, -0.1) is 0 Å². The Labute approximate surface area is 172 Å². The van der Waals surface area contributed by atoms with Crippen molar-refractivity contribution in [2.45, 2.75) is 26.4 Å². The van der Waals surface area contributed by atoms with Crippen molar-refractivity contribution in [1.82, 2.24) is 0 Å². The Morgan fingerprint density at radius 2 is 1.64 bits per heavy atom. The zero-order valence-electron chi connectivity index (χ0n) is 15.4. The molecule has 0 aliphatic heterocycles. The predicted molar refractivity (Wildman–Crippen MR) is 111 cm³/mol. The molecule has 0 unspecified atom stereocenters. The maximum Gasteiger partial charge on any atom is 0.335 e. The second kappa shape index (κ2) is 10.5. The van der Waals surface area contributed by atoms with E-state index in [4.69, 9.17) is 4.74 Å². The lowest BCUT2D eigenvalue weighted by Crippen LogP contribution is -2.05. The van der Waals surface area contributed by atoms with E-state index in [1.54, 1.807) is 24.3 Å². The molecular weight excluding hydrogens is 424 g/mol. The number of carbonyl (C=O) groups is 2. The summed E-state index contributed by atoms with van der Waals surface area (Å²) in [6.45, 7) is 2.26. The summed E-state index contributed by atoms with van der Waals surface area (Å²) in [5.41, 5.74) is 1.67. The van der Waals surface area contributed by atoms with E-state index in [0.29, 0.717) is 30.8 Å². The molecule has 2 aromatic carbocycles. The number of hydrogen-bond donors (Lipinski definition) is 2. The SMILES string of the molecule is CCCC(=CC(=Cc1ccc(OCc2ccc(Br)cc2)cc1)C(=O)O)C(=O)O. The van der Waals surface area contributed by atoms with Crippen LogP contribution in [0.15, 0.2) is 70.2 Å². The number of halogens is 1. The molecule has 6 heteroatoms. The Bertz CT molecular complexity index is 880. The molecule has 0 saturated heterocycles. The van der Waals surface area contributed by atoms with Crippen LogP contribution in [0.3, 0.4) is 0 Å². The predicted octanol–water partition coefficient (Wildman–Crippen LogP) is 5.31. The average molecular weight is 445 g/mol. The molecule has 0 radical (unpaired) electrons. The molecule has 2 rings (SSSR count). The molecule has 0 aromatic heterocycles. The number of benzene rings is 2. The van der Waals surface area contributed by atoms with Gasteiger partial charge in [0.1, 0.15) is 12.4 Å². The van der Waals surface area contributed by atoms with E-state index in [0.717, 1.165) is 10.0 Å². The molecule has 5 nitrogen and oxygen atoms in total. The van der Waals surface area contributed by atoms with Gasteiger partial charge in [-0.25, -0.2) is 9.59 Å². The van der Waals surface area contributed by atoms with E-state index < -0.39 is 11.9 Å². The van der Waals surface area contributed by atoms with Gasteiger partial charge in [0.05, 0.1) is 5.57 Å². The Kier molecular flexibility index (Phi) is 8.02. The summed E-state index contributed by atoms with van der Waals surface area (Å²) in [5.74, 6) is -1.62. The molecule has 0 fully saturated rings. The van der Waals surface area contributed by atoms with Gasteiger partial charge < -0.3 is 14.9 Å². The zero-order valence-corrected chi connectivity index (χ0v) is 17.0. The summed E-state index contributed by atoms with van der Waals surface area (Å²) in [6.07, 6.45) is 3.59. The third-order valence-electron chi connectivity index (χ3n) is 3.89. The summed E-state index contributed by atoms with van der Waals surface area (Å²) in [7, 11) is 0. The lowest BCUT2D eigenvalue weighted by molar-refractivity contribution is -0.133. The average Bonchev–Trinajstić information content (AvgIpc) is 2.67. The van der Waals surface area contributed by atoms with Crippen molar-refractivity contribution in [3.8, 4) is 5.75 Å². The first-order chi connectivity index (χ1) is 13.4. The van der Waals surface area contributed by atoms with Crippen molar-refractivity contribution >= 4 is 33.9 Å². The van der Waals surface area contributed by atoms with Crippen LogP contribution < -0.4 is 4.74 Å². The number of hydrogen-bond acceptors (Lipinski definition) is 3. The molecular formula is C22H21BrO5. The first-order valence-electron chi connectivity index (χ1n) is 8.75. The maximum atomic E-state index is 11.5. The van der Waals surface area contributed by atoms with Crippen LogP contribution >= 0.6 is 15.9 Å². The van der Waals surface area contributed by atoms with Crippen LogP contribution in [-0.4, -0.2) is 22.2 Å². The maximum absolute atomic E-state index is 11.5. The van der Waals surface area contributed by atoms with Crippen molar-refractivity contribution < 1.29 is 24.5 Å². The van der Waals surface area contributed by atoms with Crippen LogP contribution in [0.1, 0.15) is 30.9 Å². The fourth-order valence-corrected chi connectivity index (χ4v) is 2.71. The molecule has 2 aromatic rings. The Hall–Kier alpha value is -2.86. The quantitative estimate of drug-likeness (QED) is 0.404. The van der Waals surface area contributed by atoms with Gasteiger partial charge in [0.15, 0.2) is 0 Å². The minimum Gasteiger partial charge on any atom is -0.489 e. The van der Waals surface area contributed by atoms with E-state index in [1.807, 2.05) is 31.2 Å². The molecule has 0 aliphatic rings. The fraction of sp³-hybridized carbons (Fsp3) is 0.182. The highest BCUT2D eigenvalue weighted by atomic mass is 79.9. The summed E-state index contributed by atoms with van der Waals surface area (Å²) in [6, 6.07) is 14.8. The molecule has 0 amide bonds. The molecule has 2 N–H and O–H groups in total. The number of rotatable bonds is 9. The van der Waals surface area contributed by atoms with Gasteiger partial charge in [-0.05, 0) is 54.0 Å². The second-order valence-corrected chi connectivity index (χ2v) is 7.03. The van der Waals surface area contributed by atoms with Crippen LogP contribution in [0.2, 0.25) is 0 Å². The Balaban J connectivity index is 2.13. The summed E-state index contributed by atoms with van der Waals surface area (Å²) >= 11 is 3.39. The first-order valence-corrected chi connectivity index (χ1v) is 9.54. The number of carboxylic acid groups (broad SMARTS) is 2. The fourth-order valence-electron chi connectivity index (χ4n) is 2.45. The summed E-state index contributed by atoms with van der Waals surface area (Å²) in [5, 5.41) is 18.6. The van der Waals surface area contributed by atoms with Crippen molar-refractivity contribution in [2.24, 2.45) is 0 Å². The highest BCUT2D eigenvalue weighted by Crippen LogP contribution is 2.19. The summed E-state index contributed by atoms with van der Waals surface area (Å²) < 4.78 is 6.73. The van der Waals surface area contributed by atoms with Gasteiger partial charge in [-0.3, -0.25) is 0 Å². The normalized spacial score (nSPS) is 11.9. The lowest BCUT2D eigenvalue weighted by Gasteiger charge is -2.07. The van der Waals surface area contributed by atoms with Crippen molar-refractivity contribution in [1.29, 1.82) is 0 Å². The minimum absolute atomic E-state index is 0.0746. The van der Waals surface area contributed by atoms with Crippen LogP contribution in [0, 0.1) is 0 Å². The number of ether oxygens (including phenoxy) is 1. The van der Waals surface area contributed by atoms with Crippen molar-refractivity contribution in [2.75, 3.05) is 0 Å². The van der Waals surface area contributed by atoms with Crippen molar-refractivity contribution in [3.05, 3.63) is 81.4 Å². The third-order valence-corrected chi connectivity index (χ3v) is 4.42. The van der Waals surface area contributed by atoms with Gasteiger partial charge >= 0.3 is 11.9 Å². The number of aliphatic carboxylic acids is 2. The van der Waals surface area contributed by atoms with Gasteiger partial charge in [0, 0.05) is 10.0 Å². The van der Waals surface area contributed by atoms with E-state index in [9.17, 15) is 19.8 Å². The molecule has 146 valence electrons. The van der Waals surface area contributed by atoms with Gasteiger partial charge in [-0.1, -0.05) is 53.5 Å². The van der Waals surface area contributed by atoms with E-state index in [2.05, 4.69) is 15.9 Å². The molecule has 0 bridgehead atoms. The third kappa shape index (κ3) is 6.70. The zero-order chi connectivity index (χ0) is 20.5. The molecule has 0 aliphatic carbocycles. The number of carboxylic acids is 2. The second-order valence-electron chi connectivity index (χ2n) is 6.11. The van der Waals surface area contributed by atoms with Gasteiger partial charge in [0.2, 0.25) is 0 Å². The molecule has 0 atom stereocenters. The summed E-state index contributed by atoms with van der Waals surface area (Å²) in [4.78, 5) is 22.7. The molecule has 28 heavy (non-hydrogen) atoms.